The molecule has 0 aliphatic rings. The molecule has 1 aromatic heterocycles. The lowest BCUT2D eigenvalue weighted by Crippen LogP contribution is -2.24. The summed E-state index contributed by atoms with van der Waals surface area (Å²) in [4.78, 5) is 16.6. The Hall–Kier alpha value is -2.78. The van der Waals surface area contributed by atoms with Crippen molar-refractivity contribution < 1.29 is 17.6 Å². The van der Waals surface area contributed by atoms with Crippen molar-refractivity contribution in [1.82, 2.24) is 10.3 Å². The lowest BCUT2D eigenvalue weighted by molar-refractivity contribution is 0.0953. The summed E-state index contributed by atoms with van der Waals surface area (Å²) in [7, 11) is -3.95. The topological polar surface area (TPSA) is 88.2 Å². The SMILES string of the molecule is Cc1csc(CCCCNC(=O)c2ccc(S(=O)(=O)Nc3ccccc3F)cc2)n1. The molecule has 0 fully saturated rings. The van der Waals surface area contributed by atoms with E-state index in [1.54, 1.807) is 11.3 Å². The fourth-order valence-corrected chi connectivity index (χ4v) is 4.64. The van der Waals surface area contributed by atoms with Gasteiger partial charge in [-0.05, 0) is 62.6 Å². The number of unbranched alkanes of at least 4 members (excludes halogenated alkanes) is 1. The number of benzene rings is 2. The molecule has 0 spiro atoms. The standard InChI is InChI=1S/C21H22FN3O3S2/c1-15-14-29-20(24-15)8-4-5-13-23-21(26)16-9-11-17(12-10-16)30(27,28)25-19-7-3-2-6-18(19)22/h2-3,6-7,9-12,14,25H,4-5,8,13H2,1H3,(H,23,26). The van der Waals surface area contributed by atoms with Crippen molar-refractivity contribution in [1.29, 1.82) is 0 Å². The Labute approximate surface area is 179 Å². The zero-order chi connectivity index (χ0) is 21.6. The summed E-state index contributed by atoms with van der Waals surface area (Å²) in [6, 6.07) is 11.0. The summed E-state index contributed by atoms with van der Waals surface area (Å²) < 4.78 is 40.7. The molecule has 0 bridgehead atoms. The molecule has 0 saturated heterocycles. The van der Waals surface area contributed by atoms with Crippen LogP contribution in [0, 0.1) is 12.7 Å². The normalized spacial score (nSPS) is 11.3. The van der Waals surface area contributed by atoms with Crippen LogP contribution in [0.25, 0.3) is 0 Å². The molecule has 9 heteroatoms. The van der Waals surface area contributed by atoms with Gasteiger partial charge in [0.25, 0.3) is 15.9 Å². The van der Waals surface area contributed by atoms with Gasteiger partial charge in [-0.25, -0.2) is 17.8 Å². The Balaban J connectivity index is 1.50. The molecule has 158 valence electrons. The lowest BCUT2D eigenvalue weighted by Gasteiger charge is -2.10. The van der Waals surface area contributed by atoms with Gasteiger partial charge in [0.05, 0.1) is 15.6 Å². The molecule has 0 radical (unpaired) electrons. The molecule has 2 N–H and O–H groups in total. The molecule has 1 amide bonds. The van der Waals surface area contributed by atoms with Crippen LogP contribution in [0.1, 0.15) is 33.9 Å². The van der Waals surface area contributed by atoms with E-state index >= 15 is 0 Å². The van der Waals surface area contributed by atoms with Gasteiger partial charge >= 0.3 is 0 Å². The third-order valence-corrected chi connectivity index (χ3v) is 6.72. The molecule has 0 saturated carbocycles. The van der Waals surface area contributed by atoms with Crippen molar-refractivity contribution in [3.63, 3.8) is 0 Å². The van der Waals surface area contributed by atoms with Crippen LogP contribution >= 0.6 is 11.3 Å². The van der Waals surface area contributed by atoms with Gasteiger partial charge in [-0.3, -0.25) is 9.52 Å². The van der Waals surface area contributed by atoms with Crippen LogP contribution < -0.4 is 10.0 Å². The van der Waals surface area contributed by atoms with Crippen molar-refractivity contribution in [2.75, 3.05) is 11.3 Å². The van der Waals surface area contributed by atoms with Crippen molar-refractivity contribution in [2.24, 2.45) is 0 Å². The Morgan fingerprint density at radius 1 is 1.10 bits per heavy atom. The highest BCUT2D eigenvalue weighted by atomic mass is 32.2. The summed E-state index contributed by atoms with van der Waals surface area (Å²) in [5.74, 6) is -0.937. The van der Waals surface area contributed by atoms with Gasteiger partial charge in [0.15, 0.2) is 0 Å². The molecule has 6 nitrogen and oxygen atoms in total. The van der Waals surface area contributed by atoms with Crippen molar-refractivity contribution in [2.45, 2.75) is 31.1 Å². The second-order valence-electron chi connectivity index (χ2n) is 6.71. The number of hydrogen-bond donors (Lipinski definition) is 2. The van der Waals surface area contributed by atoms with Gasteiger partial charge in [0, 0.05) is 23.2 Å². The summed E-state index contributed by atoms with van der Waals surface area (Å²) in [6.45, 7) is 2.49. The number of halogens is 1. The van der Waals surface area contributed by atoms with Crippen LogP contribution in [0.4, 0.5) is 10.1 Å². The van der Waals surface area contributed by atoms with Crippen LogP contribution in [-0.4, -0.2) is 25.9 Å². The smallest absolute Gasteiger partial charge is 0.261 e. The van der Waals surface area contributed by atoms with E-state index in [-0.39, 0.29) is 16.5 Å². The Kier molecular flexibility index (Phi) is 7.17. The third-order valence-electron chi connectivity index (χ3n) is 4.31. The predicted octanol–water partition coefficient (Wildman–Crippen LogP) is 4.14. The first-order valence-corrected chi connectivity index (χ1v) is 11.8. The number of anilines is 1. The summed E-state index contributed by atoms with van der Waals surface area (Å²) in [5.41, 5.74) is 1.25. The first-order valence-electron chi connectivity index (χ1n) is 9.42. The molecule has 2 aromatic carbocycles. The minimum absolute atomic E-state index is 0.0546. The Bertz CT molecular complexity index is 1110. The second-order valence-corrected chi connectivity index (χ2v) is 9.33. The van der Waals surface area contributed by atoms with E-state index in [0.29, 0.717) is 12.1 Å². The number of para-hydroxylation sites is 1. The number of thiazole rings is 1. The van der Waals surface area contributed by atoms with Gasteiger partial charge in [-0.15, -0.1) is 11.3 Å². The first kappa shape index (κ1) is 21.9. The van der Waals surface area contributed by atoms with Gasteiger partial charge in [0.2, 0.25) is 0 Å². The maximum Gasteiger partial charge on any atom is 0.261 e. The zero-order valence-electron chi connectivity index (χ0n) is 16.4. The number of aryl methyl sites for hydroxylation is 2. The molecule has 3 aromatic rings. The highest BCUT2D eigenvalue weighted by Gasteiger charge is 2.17. The molecular weight excluding hydrogens is 425 g/mol. The number of nitrogens with zero attached hydrogens (tertiary/aromatic N) is 1. The number of hydrogen-bond acceptors (Lipinski definition) is 5. The van der Waals surface area contributed by atoms with Crippen LogP contribution in [-0.2, 0) is 16.4 Å². The molecule has 3 rings (SSSR count). The molecule has 0 aliphatic carbocycles. The molecule has 0 aliphatic heterocycles. The van der Waals surface area contributed by atoms with Crippen LogP contribution in [0.15, 0.2) is 58.8 Å². The predicted molar refractivity (Wildman–Crippen MR) is 116 cm³/mol. The number of aromatic nitrogens is 1. The molecular formula is C21H22FN3O3S2. The Morgan fingerprint density at radius 2 is 1.83 bits per heavy atom. The third kappa shape index (κ3) is 5.87. The van der Waals surface area contributed by atoms with E-state index in [1.165, 1.54) is 48.5 Å². The maximum absolute atomic E-state index is 13.7. The van der Waals surface area contributed by atoms with Crippen LogP contribution in [0.3, 0.4) is 0 Å². The number of nitrogens with one attached hydrogen (secondary N) is 2. The minimum Gasteiger partial charge on any atom is -0.352 e. The second kappa shape index (κ2) is 9.82. The van der Waals surface area contributed by atoms with E-state index in [4.69, 9.17) is 0 Å². The van der Waals surface area contributed by atoms with Crippen molar-refractivity contribution >= 4 is 33.0 Å². The van der Waals surface area contributed by atoms with Gasteiger partial charge in [0.1, 0.15) is 5.82 Å². The number of amides is 1. The number of carbonyl (C=O) groups excluding carboxylic acids is 1. The van der Waals surface area contributed by atoms with Crippen molar-refractivity contribution in [3.05, 3.63) is 76.0 Å². The average molecular weight is 448 g/mol. The summed E-state index contributed by atoms with van der Waals surface area (Å²) in [6.07, 6.45) is 2.63. The lowest BCUT2D eigenvalue weighted by atomic mass is 10.2. The Morgan fingerprint density at radius 3 is 2.50 bits per heavy atom. The van der Waals surface area contributed by atoms with E-state index in [1.807, 2.05) is 12.3 Å². The molecule has 0 atom stereocenters. The summed E-state index contributed by atoms with van der Waals surface area (Å²) >= 11 is 1.64. The summed E-state index contributed by atoms with van der Waals surface area (Å²) in [5, 5.41) is 5.94. The molecule has 30 heavy (non-hydrogen) atoms. The average Bonchev–Trinajstić information content (AvgIpc) is 3.14. The first-order chi connectivity index (χ1) is 14.3. The molecule has 1 heterocycles. The van der Waals surface area contributed by atoms with E-state index in [2.05, 4.69) is 15.0 Å². The van der Waals surface area contributed by atoms with E-state index < -0.39 is 15.8 Å². The fraction of sp³-hybridized carbons (Fsp3) is 0.238. The maximum atomic E-state index is 13.7. The number of rotatable bonds is 9. The number of sulfonamides is 1. The van der Waals surface area contributed by atoms with Crippen LogP contribution in [0.5, 0.6) is 0 Å². The number of carbonyl (C=O) groups is 1. The minimum atomic E-state index is -3.95. The highest BCUT2D eigenvalue weighted by molar-refractivity contribution is 7.92. The monoisotopic (exact) mass is 447 g/mol. The van der Waals surface area contributed by atoms with Crippen LogP contribution in [0.2, 0.25) is 0 Å². The fourth-order valence-electron chi connectivity index (χ4n) is 2.76. The van der Waals surface area contributed by atoms with Crippen molar-refractivity contribution in [3.8, 4) is 0 Å². The highest BCUT2D eigenvalue weighted by Crippen LogP contribution is 2.19. The van der Waals surface area contributed by atoms with Gasteiger partial charge in [-0.2, -0.15) is 0 Å². The quantitative estimate of drug-likeness (QED) is 0.483. The molecule has 0 unspecified atom stereocenters. The largest absolute Gasteiger partial charge is 0.352 e. The van der Waals surface area contributed by atoms with E-state index in [0.717, 1.165) is 30.0 Å². The van der Waals surface area contributed by atoms with Gasteiger partial charge < -0.3 is 5.32 Å². The van der Waals surface area contributed by atoms with E-state index in [9.17, 15) is 17.6 Å². The van der Waals surface area contributed by atoms with Gasteiger partial charge in [-0.1, -0.05) is 12.1 Å². The zero-order valence-corrected chi connectivity index (χ0v) is 18.0.